The standard InChI is InChI=1S/C10H17N5O/c1-15-8(5-12-14-15)10(13-11)7-4-6-2-3-9(7)16-6/h5-7,9-10,13H,2-4,11H2,1H3. The second kappa shape index (κ2) is 3.80. The molecule has 0 radical (unpaired) electrons. The first kappa shape index (κ1) is 10.2. The summed E-state index contributed by atoms with van der Waals surface area (Å²) in [5, 5.41) is 7.85. The van der Waals surface area contributed by atoms with Crippen molar-refractivity contribution < 1.29 is 4.74 Å². The number of fused-ring (bicyclic) bond motifs is 2. The van der Waals surface area contributed by atoms with Gasteiger partial charge in [0.2, 0.25) is 0 Å². The van der Waals surface area contributed by atoms with Crippen LogP contribution in [0.4, 0.5) is 0 Å². The van der Waals surface area contributed by atoms with E-state index >= 15 is 0 Å². The first-order valence-electron chi connectivity index (χ1n) is 5.75. The molecule has 16 heavy (non-hydrogen) atoms. The molecule has 2 aliphatic heterocycles. The lowest BCUT2D eigenvalue weighted by Gasteiger charge is -2.27. The predicted molar refractivity (Wildman–Crippen MR) is 57.1 cm³/mol. The van der Waals surface area contributed by atoms with E-state index in [1.165, 1.54) is 6.42 Å². The van der Waals surface area contributed by atoms with E-state index in [2.05, 4.69) is 15.7 Å². The van der Waals surface area contributed by atoms with Crippen LogP contribution in [-0.4, -0.2) is 27.2 Å². The number of hydrazine groups is 1. The van der Waals surface area contributed by atoms with Crippen molar-refractivity contribution in [3.8, 4) is 0 Å². The summed E-state index contributed by atoms with van der Waals surface area (Å²) in [5.41, 5.74) is 3.92. The van der Waals surface area contributed by atoms with Crippen molar-refractivity contribution in [2.24, 2.45) is 18.8 Å². The molecule has 4 atom stereocenters. The number of nitrogens with two attached hydrogens (primary N) is 1. The lowest BCUT2D eigenvalue weighted by atomic mass is 9.83. The third kappa shape index (κ3) is 1.45. The van der Waals surface area contributed by atoms with Gasteiger partial charge in [0.25, 0.3) is 0 Å². The molecule has 4 unspecified atom stereocenters. The van der Waals surface area contributed by atoms with Gasteiger partial charge in [-0.3, -0.25) is 16.0 Å². The van der Waals surface area contributed by atoms with Crippen LogP contribution in [0.5, 0.6) is 0 Å². The molecule has 0 aliphatic carbocycles. The van der Waals surface area contributed by atoms with Crippen LogP contribution < -0.4 is 11.3 Å². The molecule has 2 aliphatic rings. The normalized spacial score (nSPS) is 34.5. The molecule has 88 valence electrons. The Labute approximate surface area is 94.1 Å². The minimum atomic E-state index is 0.0929. The Hall–Kier alpha value is -0.980. The summed E-state index contributed by atoms with van der Waals surface area (Å²) in [7, 11) is 1.89. The number of aromatic nitrogens is 3. The zero-order valence-corrected chi connectivity index (χ0v) is 9.34. The van der Waals surface area contributed by atoms with Gasteiger partial charge in [-0.1, -0.05) is 5.21 Å². The second-order valence-electron chi connectivity index (χ2n) is 4.70. The number of hydrogen-bond donors (Lipinski definition) is 2. The molecule has 2 fully saturated rings. The number of aryl methyl sites for hydroxylation is 1. The fraction of sp³-hybridized carbons (Fsp3) is 0.800. The van der Waals surface area contributed by atoms with Gasteiger partial charge >= 0.3 is 0 Å². The summed E-state index contributed by atoms with van der Waals surface area (Å²) in [6, 6.07) is 0.0929. The minimum absolute atomic E-state index is 0.0929. The van der Waals surface area contributed by atoms with Crippen molar-refractivity contribution in [1.82, 2.24) is 20.4 Å². The van der Waals surface area contributed by atoms with E-state index in [-0.39, 0.29) is 6.04 Å². The SMILES string of the molecule is Cn1nncc1C(NN)C1CC2CCC1O2. The van der Waals surface area contributed by atoms with Gasteiger partial charge in [0.15, 0.2) is 0 Å². The van der Waals surface area contributed by atoms with Crippen molar-refractivity contribution in [2.75, 3.05) is 0 Å². The Morgan fingerprint density at radius 3 is 3.00 bits per heavy atom. The average Bonchev–Trinajstić information content (AvgIpc) is 2.97. The first-order valence-corrected chi connectivity index (χ1v) is 5.75. The third-order valence-corrected chi connectivity index (χ3v) is 3.83. The molecule has 0 aromatic carbocycles. The van der Waals surface area contributed by atoms with Crippen molar-refractivity contribution in [3.63, 3.8) is 0 Å². The van der Waals surface area contributed by atoms with Crippen molar-refractivity contribution in [3.05, 3.63) is 11.9 Å². The van der Waals surface area contributed by atoms with Gasteiger partial charge in [-0.05, 0) is 19.3 Å². The fourth-order valence-corrected chi connectivity index (χ4v) is 3.04. The Morgan fingerprint density at radius 2 is 2.50 bits per heavy atom. The lowest BCUT2D eigenvalue weighted by molar-refractivity contribution is 0.0850. The summed E-state index contributed by atoms with van der Waals surface area (Å²) in [6.45, 7) is 0. The highest BCUT2D eigenvalue weighted by atomic mass is 16.5. The number of nitrogens with zero attached hydrogens (tertiary/aromatic N) is 3. The van der Waals surface area contributed by atoms with E-state index in [9.17, 15) is 0 Å². The fourth-order valence-electron chi connectivity index (χ4n) is 3.04. The number of hydrogen-bond acceptors (Lipinski definition) is 5. The zero-order chi connectivity index (χ0) is 11.1. The molecule has 3 N–H and O–H groups in total. The molecule has 3 heterocycles. The van der Waals surface area contributed by atoms with Gasteiger partial charge in [-0.2, -0.15) is 0 Å². The van der Waals surface area contributed by atoms with Gasteiger partial charge in [0, 0.05) is 13.0 Å². The molecule has 6 heteroatoms. The van der Waals surface area contributed by atoms with Crippen LogP contribution in [-0.2, 0) is 11.8 Å². The van der Waals surface area contributed by atoms with Crippen LogP contribution in [0.3, 0.4) is 0 Å². The van der Waals surface area contributed by atoms with Crippen LogP contribution >= 0.6 is 0 Å². The molecule has 2 bridgehead atoms. The van der Waals surface area contributed by atoms with Crippen molar-refractivity contribution >= 4 is 0 Å². The van der Waals surface area contributed by atoms with E-state index in [1.807, 2.05) is 7.05 Å². The number of rotatable bonds is 3. The summed E-state index contributed by atoms with van der Waals surface area (Å²) in [4.78, 5) is 0. The van der Waals surface area contributed by atoms with Crippen LogP contribution in [0.15, 0.2) is 6.20 Å². The van der Waals surface area contributed by atoms with Crippen LogP contribution in [0.2, 0.25) is 0 Å². The Morgan fingerprint density at radius 1 is 1.62 bits per heavy atom. The first-order chi connectivity index (χ1) is 7.79. The van der Waals surface area contributed by atoms with Crippen LogP contribution in [0, 0.1) is 5.92 Å². The molecule has 1 aromatic heterocycles. The quantitative estimate of drug-likeness (QED) is 0.552. The predicted octanol–water partition coefficient (Wildman–Crippen LogP) is -0.113. The van der Waals surface area contributed by atoms with Gasteiger partial charge < -0.3 is 4.74 Å². The largest absolute Gasteiger partial charge is 0.375 e. The van der Waals surface area contributed by atoms with E-state index in [4.69, 9.17) is 10.6 Å². The molecule has 6 nitrogen and oxygen atoms in total. The summed E-state index contributed by atoms with van der Waals surface area (Å²) in [6.07, 6.45) is 6.00. The van der Waals surface area contributed by atoms with Gasteiger partial charge in [0.05, 0.1) is 30.1 Å². The van der Waals surface area contributed by atoms with E-state index in [0.29, 0.717) is 18.1 Å². The number of nitrogens with one attached hydrogen (secondary N) is 1. The summed E-state index contributed by atoms with van der Waals surface area (Å²) in [5.74, 6) is 6.12. The highest BCUT2D eigenvalue weighted by Gasteiger charge is 2.45. The average molecular weight is 223 g/mol. The van der Waals surface area contributed by atoms with Crippen molar-refractivity contribution in [1.29, 1.82) is 0 Å². The molecule has 1 aromatic rings. The topological polar surface area (TPSA) is 78.0 Å². The Kier molecular flexibility index (Phi) is 2.42. The van der Waals surface area contributed by atoms with Crippen LogP contribution in [0.25, 0.3) is 0 Å². The van der Waals surface area contributed by atoms with Crippen molar-refractivity contribution in [2.45, 2.75) is 37.5 Å². The molecule has 3 rings (SSSR count). The van der Waals surface area contributed by atoms with Gasteiger partial charge in [-0.25, -0.2) is 0 Å². The van der Waals surface area contributed by atoms with Crippen LogP contribution in [0.1, 0.15) is 31.0 Å². The third-order valence-electron chi connectivity index (χ3n) is 3.83. The van der Waals surface area contributed by atoms with Gasteiger partial charge in [0.1, 0.15) is 0 Å². The minimum Gasteiger partial charge on any atom is -0.375 e. The molecule has 0 saturated carbocycles. The van der Waals surface area contributed by atoms with E-state index in [1.54, 1.807) is 10.9 Å². The van der Waals surface area contributed by atoms with E-state index in [0.717, 1.165) is 18.5 Å². The summed E-state index contributed by atoms with van der Waals surface area (Å²) < 4.78 is 7.63. The van der Waals surface area contributed by atoms with E-state index < -0.39 is 0 Å². The smallest absolute Gasteiger partial charge is 0.0770 e. The summed E-state index contributed by atoms with van der Waals surface area (Å²) >= 11 is 0. The highest BCUT2D eigenvalue weighted by molar-refractivity contribution is 5.08. The Bertz CT molecular complexity index is 379. The monoisotopic (exact) mass is 223 g/mol. The lowest BCUT2D eigenvalue weighted by Crippen LogP contribution is -2.38. The molecular formula is C10H17N5O. The highest BCUT2D eigenvalue weighted by Crippen LogP contribution is 2.44. The molecule has 0 spiro atoms. The van der Waals surface area contributed by atoms with Gasteiger partial charge in [-0.15, -0.1) is 5.10 Å². The maximum atomic E-state index is 5.86. The molecule has 0 amide bonds. The molecular weight excluding hydrogens is 206 g/mol. The Balaban J connectivity index is 1.84. The second-order valence-corrected chi connectivity index (χ2v) is 4.70. The maximum absolute atomic E-state index is 5.86. The zero-order valence-electron chi connectivity index (χ0n) is 9.34. The number of ether oxygens (including phenoxy) is 1. The molecule has 2 saturated heterocycles. The maximum Gasteiger partial charge on any atom is 0.0770 e.